The molecule has 0 aromatic carbocycles. The molecular formula is C19H35N3O3. The molecular weight excluding hydrogens is 318 g/mol. The molecule has 1 rings (SSSR count). The highest BCUT2D eigenvalue weighted by atomic mass is 16.4. The predicted octanol–water partition coefficient (Wildman–Crippen LogP) is 2.20. The standard InChI is InChI=1S/C19H35N3O3/c1-5-6-7-18(16(2)3)22-12-10-20(14-17(4)23)8-9-21(11-13-22)15-19(24)25/h18,23H,2,4-15H2,1,3H3,(H,24,25). The van der Waals surface area contributed by atoms with Gasteiger partial charge in [0, 0.05) is 45.3 Å². The summed E-state index contributed by atoms with van der Waals surface area (Å²) >= 11 is 0. The molecule has 1 heterocycles. The Labute approximate surface area is 152 Å². The van der Waals surface area contributed by atoms with Crippen molar-refractivity contribution in [2.75, 3.05) is 52.4 Å². The molecule has 1 aliphatic heterocycles. The van der Waals surface area contributed by atoms with Crippen LogP contribution in [0.5, 0.6) is 0 Å². The van der Waals surface area contributed by atoms with Gasteiger partial charge in [-0.1, -0.05) is 38.5 Å². The van der Waals surface area contributed by atoms with Crippen molar-refractivity contribution in [3.05, 3.63) is 24.5 Å². The number of carboxylic acids is 1. The number of carbonyl (C=O) groups is 1. The fourth-order valence-corrected chi connectivity index (χ4v) is 3.37. The quantitative estimate of drug-likeness (QED) is 0.489. The van der Waals surface area contributed by atoms with Crippen LogP contribution >= 0.6 is 0 Å². The fraction of sp³-hybridized carbons (Fsp3) is 0.737. The molecule has 0 amide bonds. The second kappa shape index (κ2) is 11.3. The van der Waals surface area contributed by atoms with E-state index in [1.807, 2.05) is 4.90 Å². The monoisotopic (exact) mass is 353 g/mol. The summed E-state index contributed by atoms with van der Waals surface area (Å²) in [6.45, 7) is 17.2. The van der Waals surface area contributed by atoms with Gasteiger partial charge in [0.15, 0.2) is 0 Å². The molecule has 0 aromatic heterocycles. The van der Waals surface area contributed by atoms with E-state index in [-0.39, 0.29) is 12.3 Å². The first-order valence-electron chi connectivity index (χ1n) is 9.26. The van der Waals surface area contributed by atoms with Gasteiger partial charge >= 0.3 is 5.97 Å². The van der Waals surface area contributed by atoms with E-state index in [4.69, 9.17) is 5.11 Å². The van der Waals surface area contributed by atoms with Crippen molar-refractivity contribution < 1.29 is 15.0 Å². The van der Waals surface area contributed by atoms with Crippen LogP contribution in [-0.2, 0) is 4.79 Å². The van der Waals surface area contributed by atoms with Crippen molar-refractivity contribution in [3.8, 4) is 0 Å². The average molecular weight is 354 g/mol. The van der Waals surface area contributed by atoms with E-state index in [0.717, 1.165) is 57.6 Å². The predicted molar refractivity (Wildman–Crippen MR) is 102 cm³/mol. The zero-order valence-corrected chi connectivity index (χ0v) is 15.9. The Morgan fingerprint density at radius 1 is 1.00 bits per heavy atom. The maximum absolute atomic E-state index is 11.1. The molecule has 6 heteroatoms. The molecule has 0 spiro atoms. The van der Waals surface area contributed by atoms with E-state index in [1.165, 1.54) is 0 Å². The number of aliphatic hydroxyl groups excluding tert-OH is 1. The van der Waals surface area contributed by atoms with Gasteiger partial charge < -0.3 is 10.2 Å². The molecule has 1 atom stereocenters. The maximum Gasteiger partial charge on any atom is 0.317 e. The van der Waals surface area contributed by atoms with Gasteiger partial charge in [-0.15, -0.1) is 0 Å². The van der Waals surface area contributed by atoms with Gasteiger partial charge in [0.2, 0.25) is 0 Å². The molecule has 0 bridgehead atoms. The number of rotatable bonds is 9. The SMILES string of the molecule is C=C(O)CN1CCN(CC(=O)O)CCN(C(CCCC)C(=C)C)CC1. The molecule has 1 fully saturated rings. The lowest BCUT2D eigenvalue weighted by atomic mass is 10.0. The first-order chi connectivity index (χ1) is 11.8. The molecule has 0 radical (unpaired) electrons. The zero-order chi connectivity index (χ0) is 18.8. The lowest BCUT2D eigenvalue weighted by molar-refractivity contribution is -0.138. The molecule has 6 nitrogen and oxygen atoms in total. The number of aliphatic hydroxyl groups is 1. The number of nitrogens with zero attached hydrogens (tertiary/aromatic N) is 3. The van der Waals surface area contributed by atoms with Crippen molar-refractivity contribution in [2.24, 2.45) is 0 Å². The zero-order valence-electron chi connectivity index (χ0n) is 15.9. The lowest BCUT2D eigenvalue weighted by Gasteiger charge is -2.33. The third-order valence-electron chi connectivity index (χ3n) is 4.75. The minimum atomic E-state index is -0.800. The topological polar surface area (TPSA) is 67.2 Å². The second-order valence-electron chi connectivity index (χ2n) is 7.05. The largest absolute Gasteiger partial charge is 0.512 e. The average Bonchev–Trinajstić information content (AvgIpc) is 2.59. The summed E-state index contributed by atoms with van der Waals surface area (Å²) in [5.74, 6) is -0.649. The van der Waals surface area contributed by atoms with Gasteiger partial charge in [0.1, 0.15) is 0 Å². The molecule has 0 saturated carbocycles. The number of hydrogen-bond acceptors (Lipinski definition) is 5. The summed E-state index contributed by atoms with van der Waals surface area (Å²) in [6, 6.07) is 0.323. The van der Waals surface area contributed by atoms with Gasteiger partial charge in [-0.2, -0.15) is 0 Å². The maximum atomic E-state index is 11.1. The summed E-state index contributed by atoms with van der Waals surface area (Å²) in [5.41, 5.74) is 1.16. The van der Waals surface area contributed by atoms with Crippen molar-refractivity contribution in [3.63, 3.8) is 0 Å². The normalized spacial score (nSPS) is 19.6. The Morgan fingerprint density at radius 3 is 1.96 bits per heavy atom. The first kappa shape index (κ1) is 21.7. The van der Waals surface area contributed by atoms with E-state index < -0.39 is 5.97 Å². The Balaban J connectivity index is 2.86. The Bertz CT molecular complexity index is 425. The van der Waals surface area contributed by atoms with Crippen LogP contribution in [0.3, 0.4) is 0 Å². The van der Waals surface area contributed by atoms with Crippen LogP contribution < -0.4 is 0 Å². The van der Waals surface area contributed by atoms with Gasteiger partial charge in [-0.25, -0.2) is 0 Å². The number of unbranched alkanes of at least 4 members (excludes halogenated alkanes) is 1. The van der Waals surface area contributed by atoms with E-state index in [2.05, 4.69) is 36.8 Å². The minimum absolute atomic E-state index is 0.0500. The van der Waals surface area contributed by atoms with E-state index in [0.29, 0.717) is 19.1 Å². The minimum Gasteiger partial charge on any atom is -0.512 e. The molecule has 0 aromatic rings. The summed E-state index contributed by atoms with van der Waals surface area (Å²) in [6.07, 6.45) is 3.39. The first-order valence-corrected chi connectivity index (χ1v) is 9.26. The highest BCUT2D eigenvalue weighted by Crippen LogP contribution is 2.17. The third-order valence-corrected chi connectivity index (χ3v) is 4.75. The van der Waals surface area contributed by atoms with Crippen LogP contribution in [0.4, 0.5) is 0 Å². The van der Waals surface area contributed by atoms with Crippen LogP contribution in [0, 0.1) is 0 Å². The Morgan fingerprint density at radius 2 is 1.52 bits per heavy atom. The van der Waals surface area contributed by atoms with Crippen molar-refractivity contribution in [1.29, 1.82) is 0 Å². The van der Waals surface area contributed by atoms with Crippen LogP contribution in [0.1, 0.15) is 33.1 Å². The number of carboxylic acid groups (broad SMARTS) is 1. The van der Waals surface area contributed by atoms with Gasteiger partial charge in [0.25, 0.3) is 0 Å². The summed E-state index contributed by atoms with van der Waals surface area (Å²) < 4.78 is 0. The second-order valence-corrected chi connectivity index (χ2v) is 7.05. The molecule has 1 aliphatic rings. The van der Waals surface area contributed by atoms with Crippen molar-refractivity contribution in [2.45, 2.75) is 39.2 Å². The smallest absolute Gasteiger partial charge is 0.317 e. The van der Waals surface area contributed by atoms with Crippen LogP contribution in [0.2, 0.25) is 0 Å². The van der Waals surface area contributed by atoms with E-state index in [9.17, 15) is 9.90 Å². The number of aliphatic carboxylic acids is 1. The van der Waals surface area contributed by atoms with Crippen molar-refractivity contribution >= 4 is 5.97 Å². The molecule has 1 saturated heterocycles. The van der Waals surface area contributed by atoms with E-state index >= 15 is 0 Å². The fourth-order valence-electron chi connectivity index (χ4n) is 3.37. The van der Waals surface area contributed by atoms with Gasteiger partial charge in [0.05, 0.1) is 18.8 Å². The summed E-state index contributed by atoms with van der Waals surface area (Å²) in [7, 11) is 0. The number of hydrogen-bond donors (Lipinski definition) is 2. The van der Waals surface area contributed by atoms with E-state index in [1.54, 1.807) is 0 Å². The lowest BCUT2D eigenvalue weighted by Crippen LogP contribution is -2.43. The molecule has 1 unspecified atom stereocenters. The Hall–Kier alpha value is -1.37. The molecule has 0 aliphatic carbocycles. The van der Waals surface area contributed by atoms with Crippen LogP contribution in [0.15, 0.2) is 24.5 Å². The Kier molecular flexibility index (Phi) is 9.78. The van der Waals surface area contributed by atoms with Crippen LogP contribution in [-0.4, -0.2) is 89.3 Å². The van der Waals surface area contributed by atoms with Gasteiger partial charge in [-0.3, -0.25) is 19.5 Å². The summed E-state index contributed by atoms with van der Waals surface area (Å²) in [5, 5.41) is 18.7. The molecule has 25 heavy (non-hydrogen) atoms. The third kappa shape index (κ3) is 8.52. The molecule has 144 valence electrons. The van der Waals surface area contributed by atoms with Crippen LogP contribution in [0.25, 0.3) is 0 Å². The highest BCUT2D eigenvalue weighted by Gasteiger charge is 2.23. The highest BCUT2D eigenvalue weighted by molar-refractivity contribution is 5.69. The van der Waals surface area contributed by atoms with Gasteiger partial charge in [-0.05, 0) is 13.3 Å². The summed E-state index contributed by atoms with van der Waals surface area (Å²) in [4.78, 5) is 17.7. The molecule has 2 N–H and O–H groups in total. The van der Waals surface area contributed by atoms with Crippen molar-refractivity contribution in [1.82, 2.24) is 14.7 Å².